The Kier molecular flexibility index (Phi) is 13.1. The second kappa shape index (κ2) is 12.8. The van der Waals surface area contributed by atoms with Gasteiger partial charge in [-0.2, -0.15) is 0 Å². The zero-order valence-corrected chi connectivity index (χ0v) is 20.1. The first-order valence-corrected chi connectivity index (χ1v) is 10.5. The molecule has 0 aromatic rings. The van der Waals surface area contributed by atoms with Crippen molar-refractivity contribution in [2.75, 3.05) is 6.54 Å². The first-order valence-electron chi connectivity index (χ1n) is 10.5. The fourth-order valence-corrected chi connectivity index (χ4v) is 2.69. The van der Waals surface area contributed by atoms with E-state index in [4.69, 9.17) is 4.74 Å². The molecule has 0 bridgehead atoms. The van der Waals surface area contributed by atoms with E-state index in [9.17, 15) is 14.4 Å². The van der Waals surface area contributed by atoms with Gasteiger partial charge in [-0.25, -0.2) is 4.79 Å². The van der Waals surface area contributed by atoms with Crippen molar-refractivity contribution in [3.05, 3.63) is 0 Å². The molecule has 28 heavy (non-hydrogen) atoms. The van der Waals surface area contributed by atoms with Crippen molar-refractivity contribution in [3.63, 3.8) is 0 Å². The molecule has 1 fully saturated rings. The quantitative estimate of drug-likeness (QED) is 0.727. The third-order valence-corrected chi connectivity index (χ3v) is 3.78. The number of alkyl carbamates (subject to hydrolysis) is 1. The Balaban J connectivity index is 0. The fourth-order valence-electron chi connectivity index (χ4n) is 2.69. The van der Waals surface area contributed by atoms with Crippen molar-refractivity contribution in [2.45, 2.75) is 113 Å². The topological polar surface area (TPSA) is 75.7 Å². The van der Waals surface area contributed by atoms with E-state index in [0.29, 0.717) is 13.0 Å². The van der Waals surface area contributed by atoms with Crippen molar-refractivity contribution in [1.82, 2.24) is 10.2 Å². The minimum atomic E-state index is -0.739. The number of ether oxygens (including phenoxy) is 1. The van der Waals surface area contributed by atoms with Gasteiger partial charge in [-0.15, -0.1) is 0 Å². The van der Waals surface area contributed by atoms with E-state index < -0.39 is 23.2 Å². The summed E-state index contributed by atoms with van der Waals surface area (Å²) in [6, 6.07) is -1.12. The first kappa shape index (κ1) is 28.6. The summed E-state index contributed by atoms with van der Waals surface area (Å²) < 4.78 is 5.26. The Morgan fingerprint density at radius 3 is 1.89 bits per heavy atom. The number of carbonyl (C=O) groups excluding carboxylic acids is 3. The van der Waals surface area contributed by atoms with Gasteiger partial charge in [0.1, 0.15) is 11.6 Å². The lowest BCUT2D eigenvalue weighted by atomic mass is 9.85. The molecule has 1 heterocycles. The molecular formula is C22H44N2O4. The summed E-state index contributed by atoms with van der Waals surface area (Å²) in [4.78, 5) is 38.3. The highest BCUT2D eigenvalue weighted by atomic mass is 16.6. The summed E-state index contributed by atoms with van der Waals surface area (Å²) in [6.45, 7) is 21.3. The number of rotatable bonds is 3. The predicted molar refractivity (Wildman–Crippen MR) is 115 cm³/mol. The van der Waals surface area contributed by atoms with Crippen LogP contribution in [0.25, 0.3) is 0 Å². The second-order valence-corrected chi connectivity index (χ2v) is 8.95. The lowest BCUT2D eigenvalue weighted by molar-refractivity contribution is -0.140. The molecule has 1 aliphatic rings. The molecule has 166 valence electrons. The van der Waals surface area contributed by atoms with Gasteiger partial charge in [-0.1, -0.05) is 54.9 Å². The first-order chi connectivity index (χ1) is 12.7. The van der Waals surface area contributed by atoms with Crippen LogP contribution in [0.4, 0.5) is 4.79 Å². The number of carbonyl (C=O) groups is 3. The number of amides is 2. The Labute approximate surface area is 172 Å². The maximum Gasteiger partial charge on any atom is 0.408 e. The molecule has 2 unspecified atom stereocenters. The minimum absolute atomic E-state index is 0.0132. The third kappa shape index (κ3) is 10.7. The van der Waals surface area contributed by atoms with E-state index in [-0.39, 0.29) is 17.7 Å². The minimum Gasteiger partial charge on any atom is -0.444 e. The maximum atomic E-state index is 12.9. The Bertz CT molecular complexity index is 490. The van der Waals surface area contributed by atoms with Crippen molar-refractivity contribution >= 4 is 17.8 Å². The largest absolute Gasteiger partial charge is 0.444 e. The van der Waals surface area contributed by atoms with E-state index in [2.05, 4.69) is 19.2 Å². The highest BCUT2D eigenvalue weighted by Gasteiger charge is 2.41. The molecule has 6 nitrogen and oxygen atoms in total. The predicted octanol–water partition coefficient (Wildman–Crippen LogP) is 4.95. The zero-order chi connectivity index (χ0) is 22.7. The highest BCUT2D eigenvalue weighted by molar-refractivity contribution is 5.92. The average Bonchev–Trinajstić information content (AvgIpc) is 3.02. The van der Waals surface area contributed by atoms with Crippen LogP contribution in [0.3, 0.4) is 0 Å². The summed E-state index contributed by atoms with van der Waals surface area (Å²) in [5.41, 5.74) is -1.12. The van der Waals surface area contributed by atoms with Crippen molar-refractivity contribution in [2.24, 2.45) is 5.41 Å². The van der Waals surface area contributed by atoms with Gasteiger partial charge in [0.15, 0.2) is 5.78 Å². The smallest absolute Gasteiger partial charge is 0.408 e. The molecule has 0 spiro atoms. The van der Waals surface area contributed by atoms with Crippen LogP contribution < -0.4 is 5.32 Å². The monoisotopic (exact) mass is 400 g/mol. The van der Waals surface area contributed by atoms with E-state index in [1.807, 2.05) is 34.6 Å². The van der Waals surface area contributed by atoms with Gasteiger partial charge in [0.05, 0.1) is 6.04 Å². The van der Waals surface area contributed by atoms with Crippen LogP contribution in [0.2, 0.25) is 0 Å². The number of ketones is 1. The Morgan fingerprint density at radius 2 is 1.54 bits per heavy atom. The molecule has 1 rings (SSSR count). The van der Waals surface area contributed by atoms with Crippen LogP contribution in [0.15, 0.2) is 0 Å². The summed E-state index contributed by atoms with van der Waals surface area (Å²) in [5, 5.41) is 2.69. The molecule has 1 saturated heterocycles. The molecule has 0 aromatic heterocycles. The molecule has 1 N–H and O–H groups in total. The van der Waals surface area contributed by atoms with Crippen LogP contribution in [0, 0.1) is 5.41 Å². The SMILES string of the molecule is CC.CC(=O)C1CCCN1C(=O)C(NC(=O)OC(C)(C)C)C(C)(C)C.CCC. The molecule has 0 aromatic carbocycles. The van der Waals surface area contributed by atoms with Crippen LogP contribution in [0.5, 0.6) is 0 Å². The molecule has 0 saturated carbocycles. The standard InChI is InChI=1S/C17H30N2O4.C3H8.C2H6/c1-11(20)12-9-8-10-19(12)14(21)13(16(2,3)4)18-15(22)23-17(5,6)7;1-3-2;1-2/h12-13H,8-10H2,1-7H3,(H,18,22);3H2,1-2H3;1-2H3. The number of likely N-dealkylation sites (tertiary alicyclic amines) is 1. The van der Waals surface area contributed by atoms with E-state index in [1.165, 1.54) is 13.3 Å². The van der Waals surface area contributed by atoms with Crippen LogP contribution in [-0.2, 0) is 14.3 Å². The maximum absolute atomic E-state index is 12.9. The van der Waals surface area contributed by atoms with Gasteiger partial charge in [0.2, 0.25) is 5.91 Å². The molecule has 0 aliphatic carbocycles. The summed E-state index contributed by atoms with van der Waals surface area (Å²) in [5.74, 6) is -0.234. The number of hydrogen-bond acceptors (Lipinski definition) is 4. The highest BCUT2D eigenvalue weighted by Crippen LogP contribution is 2.26. The lowest BCUT2D eigenvalue weighted by Gasteiger charge is -2.35. The van der Waals surface area contributed by atoms with Gasteiger partial charge in [-0.3, -0.25) is 9.59 Å². The lowest BCUT2D eigenvalue weighted by Crippen LogP contribution is -2.57. The van der Waals surface area contributed by atoms with Crippen LogP contribution in [-0.4, -0.2) is 46.9 Å². The number of hydrogen-bond donors (Lipinski definition) is 1. The van der Waals surface area contributed by atoms with Crippen LogP contribution >= 0.6 is 0 Å². The number of Topliss-reactive ketones (excluding diaryl/α,β-unsaturated/α-hetero) is 1. The van der Waals surface area contributed by atoms with Gasteiger partial charge < -0.3 is 15.0 Å². The van der Waals surface area contributed by atoms with Crippen molar-refractivity contribution in [3.8, 4) is 0 Å². The average molecular weight is 401 g/mol. The number of nitrogens with zero attached hydrogens (tertiary/aromatic N) is 1. The third-order valence-electron chi connectivity index (χ3n) is 3.78. The van der Waals surface area contributed by atoms with Crippen LogP contribution in [0.1, 0.15) is 95.4 Å². The normalized spacial score (nSPS) is 17.4. The van der Waals surface area contributed by atoms with Gasteiger partial charge in [0, 0.05) is 6.54 Å². The molecular weight excluding hydrogens is 356 g/mol. The van der Waals surface area contributed by atoms with Gasteiger partial charge >= 0.3 is 6.09 Å². The van der Waals surface area contributed by atoms with Crippen molar-refractivity contribution < 1.29 is 19.1 Å². The molecule has 2 amide bonds. The fraction of sp³-hybridized carbons (Fsp3) is 0.864. The molecule has 2 atom stereocenters. The summed E-state index contributed by atoms with van der Waals surface area (Å²) in [7, 11) is 0. The Hall–Kier alpha value is -1.59. The van der Waals surface area contributed by atoms with Crippen molar-refractivity contribution in [1.29, 1.82) is 0 Å². The van der Waals surface area contributed by atoms with E-state index >= 15 is 0 Å². The zero-order valence-electron chi connectivity index (χ0n) is 20.1. The summed E-state index contributed by atoms with van der Waals surface area (Å²) >= 11 is 0. The Morgan fingerprint density at radius 1 is 1.07 bits per heavy atom. The molecule has 0 radical (unpaired) electrons. The molecule has 6 heteroatoms. The number of nitrogens with one attached hydrogen (secondary N) is 1. The molecule has 1 aliphatic heterocycles. The summed E-state index contributed by atoms with van der Waals surface area (Å²) in [6.07, 6.45) is 2.12. The second-order valence-electron chi connectivity index (χ2n) is 8.95. The van der Waals surface area contributed by atoms with E-state index in [1.54, 1.807) is 25.7 Å². The van der Waals surface area contributed by atoms with Gasteiger partial charge in [-0.05, 0) is 46.0 Å². The van der Waals surface area contributed by atoms with E-state index in [0.717, 1.165) is 6.42 Å². The van der Waals surface area contributed by atoms with Gasteiger partial charge in [0.25, 0.3) is 0 Å².